The molecular weight excluding hydrogens is 220 g/mol. The second-order valence-corrected chi connectivity index (χ2v) is 3.88. The molecule has 1 atom stereocenters. The Labute approximate surface area is 103 Å². The molecule has 0 fully saturated rings. The molecule has 5 nitrogen and oxygen atoms in total. The summed E-state index contributed by atoms with van der Waals surface area (Å²) in [5, 5.41) is 5.81. The first-order chi connectivity index (χ1) is 8.11. The van der Waals surface area contributed by atoms with Crippen LogP contribution in [0.4, 0.5) is 0 Å². The number of amides is 1. The van der Waals surface area contributed by atoms with Gasteiger partial charge in [0.15, 0.2) is 0 Å². The van der Waals surface area contributed by atoms with E-state index < -0.39 is 0 Å². The monoisotopic (exact) mass is 244 g/mol. The lowest BCUT2D eigenvalue weighted by atomic mass is 10.2. The summed E-state index contributed by atoms with van der Waals surface area (Å²) in [6.45, 7) is 7.20. The van der Waals surface area contributed by atoms with E-state index in [2.05, 4.69) is 17.6 Å². The maximum absolute atomic E-state index is 11.5. The van der Waals surface area contributed by atoms with Gasteiger partial charge in [0.05, 0.1) is 19.1 Å². The summed E-state index contributed by atoms with van der Waals surface area (Å²) in [5.41, 5.74) is 0. The molecule has 0 spiro atoms. The molecule has 0 saturated heterocycles. The number of hydrogen-bond acceptors (Lipinski definition) is 4. The van der Waals surface area contributed by atoms with Gasteiger partial charge in [-0.05, 0) is 20.3 Å². The van der Waals surface area contributed by atoms with Crippen molar-refractivity contribution in [3.05, 3.63) is 0 Å². The van der Waals surface area contributed by atoms with Crippen LogP contribution in [0.15, 0.2) is 0 Å². The van der Waals surface area contributed by atoms with Crippen LogP contribution >= 0.6 is 0 Å². The van der Waals surface area contributed by atoms with Crippen molar-refractivity contribution in [1.82, 2.24) is 10.6 Å². The molecule has 100 valence electrons. The zero-order chi connectivity index (χ0) is 13.1. The van der Waals surface area contributed by atoms with Crippen LogP contribution in [-0.4, -0.2) is 37.6 Å². The topological polar surface area (TPSA) is 67.4 Å². The van der Waals surface area contributed by atoms with E-state index in [-0.39, 0.29) is 17.9 Å². The maximum Gasteiger partial charge on any atom is 0.307 e. The molecule has 0 aromatic carbocycles. The third-order valence-electron chi connectivity index (χ3n) is 2.31. The van der Waals surface area contributed by atoms with E-state index in [1.165, 1.54) is 0 Å². The van der Waals surface area contributed by atoms with Crippen LogP contribution in [-0.2, 0) is 14.3 Å². The van der Waals surface area contributed by atoms with E-state index in [4.69, 9.17) is 4.74 Å². The lowest BCUT2D eigenvalue weighted by Gasteiger charge is -2.13. The zero-order valence-electron chi connectivity index (χ0n) is 11.0. The molecule has 0 rings (SSSR count). The Morgan fingerprint density at radius 1 is 1.24 bits per heavy atom. The predicted molar refractivity (Wildman–Crippen MR) is 66.6 cm³/mol. The van der Waals surface area contributed by atoms with E-state index in [1.807, 2.05) is 0 Å². The highest BCUT2D eigenvalue weighted by Crippen LogP contribution is 1.89. The summed E-state index contributed by atoms with van der Waals surface area (Å²) < 4.78 is 4.78. The highest BCUT2D eigenvalue weighted by molar-refractivity contribution is 5.81. The standard InChI is InChI=1S/C12H24N2O3/c1-4-6-8-14-12(16)10(3)13-9-7-11(15)17-5-2/h10,13H,4-9H2,1-3H3,(H,14,16). The van der Waals surface area contributed by atoms with Crippen LogP contribution in [0.3, 0.4) is 0 Å². The van der Waals surface area contributed by atoms with E-state index in [1.54, 1.807) is 13.8 Å². The molecule has 0 saturated carbocycles. The molecule has 1 unspecified atom stereocenters. The van der Waals surface area contributed by atoms with Crippen LogP contribution in [0.25, 0.3) is 0 Å². The lowest BCUT2D eigenvalue weighted by molar-refractivity contribution is -0.143. The van der Waals surface area contributed by atoms with Gasteiger partial charge in [0.1, 0.15) is 0 Å². The highest BCUT2D eigenvalue weighted by atomic mass is 16.5. The third kappa shape index (κ3) is 8.68. The van der Waals surface area contributed by atoms with Crippen LogP contribution in [0, 0.1) is 0 Å². The van der Waals surface area contributed by atoms with E-state index in [0.717, 1.165) is 12.8 Å². The van der Waals surface area contributed by atoms with Crippen molar-refractivity contribution in [3.63, 3.8) is 0 Å². The Morgan fingerprint density at radius 3 is 2.53 bits per heavy atom. The minimum atomic E-state index is -0.277. The van der Waals surface area contributed by atoms with Gasteiger partial charge in [0.25, 0.3) is 0 Å². The summed E-state index contributed by atoms with van der Waals surface area (Å²) in [5.74, 6) is -0.263. The molecule has 0 heterocycles. The quantitative estimate of drug-likeness (QED) is 0.466. The van der Waals surface area contributed by atoms with Gasteiger partial charge >= 0.3 is 5.97 Å². The molecule has 0 aliphatic carbocycles. The third-order valence-corrected chi connectivity index (χ3v) is 2.31. The number of nitrogens with one attached hydrogen (secondary N) is 2. The minimum absolute atomic E-state index is 0.0256. The van der Waals surface area contributed by atoms with Crippen LogP contribution in [0.1, 0.15) is 40.0 Å². The molecule has 5 heteroatoms. The van der Waals surface area contributed by atoms with Gasteiger partial charge in [-0.15, -0.1) is 0 Å². The minimum Gasteiger partial charge on any atom is -0.466 e. The molecule has 0 radical (unpaired) electrons. The van der Waals surface area contributed by atoms with E-state index in [0.29, 0.717) is 26.1 Å². The molecule has 2 N–H and O–H groups in total. The molecule has 0 aliphatic rings. The van der Waals surface area contributed by atoms with Crippen LogP contribution in [0.5, 0.6) is 0 Å². The Balaban J connectivity index is 3.59. The number of rotatable bonds is 9. The Morgan fingerprint density at radius 2 is 1.94 bits per heavy atom. The number of ether oxygens (including phenoxy) is 1. The van der Waals surface area contributed by atoms with Crippen molar-refractivity contribution in [1.29, 1.82) is 0 Å². The first-order valence-corrected chi connectivity index (χ1v) is 6.28. The highest BCUT2D eigenvalue weighted by Gasteiger charge is 2.11. The maximum atomic E-state index is 11.5. The molecule has 0 aromatic rings. The van der Waals surface area contributed by atoms with Crippen molar-refractivity contribution < 1.29 is 14.3 Å². The van der Waals surface area contributed by atoms with Crippen molar-refractivity contribution in [2.75, 3.05) is 19.7 Å². The summed E-state index contributed by atoms with van der Waals surface area (Å²) in [4.78, 5) is 22.6. The van der Waals surface area contributed by atoms with Crippen molar-refractivity contribution >= 4 is 11.9 Å². The van der Waals surface area contributed by atoms with E-state index in [9.17, 15) is 9.59 Å². The van der Waals surface area contributed by atoms with Crippen molar-refractivity contribution in [2.24, 2.45) is 0 Å². The Hall–Kier alpha value is -1.10. The summed E-state index contributed by atoms with van der Waals surface area (Å²) in [6, 6.07) is -0.277. The SMILES string of the molecule is CCCCNC(=O)C(C)NCCC(=O)OCC. The largest absolute Gasteiger partial charge is 0.466 e. The second kappa shape index (κ2) is 10.1. The second-order valence-electron chi connectivity index (χ2n) is 3.88. The number of hydrogen-bond donors (Lipinski definition) is 2. The average molecular weight is 244 g/mol. The smallest absolute Gasteiger partial charge is 0.307 e. The van der Waals surface area contributed by atoms with E-state index >= 15 is 0 Å². The number of unbranched alkanes of at least 4 members (excludes halogenated alkanes) is 1. The van der Waals surface area contributed by atoms with Crippen LogP contribution < -0.4 is 10.6 Å². The fourth-order valence-corrected chi connectivity index (χ4v) is 1.26. The molecule has 0 bridgehead atoms. The van der Waals surface area contributed by atoms with Gasteiger partial charge in [-0.3, -0.25) is 9.59 Å². The Kier molecular flexibility index (Phi) is 9.43. The van der Waals surface area contributed by atoms with Gasteiger partial charge in [-0.1, -0.05) is 13.3 Å². The van der Waals surface area contributed by atoms with Gasteiger partial charge in [-0.25, -0.2) is 0 Å². The fourth-order valence-electron chi connectivity index (χ4n) is 1.26. The first kappa shape index (κ1) is 15.9. The van der Waals surface area contributed by atoms with Gasteiger partial charge in [0.2, 0.25) is 5.91 Å². The first-order valence-electron chi connectivity index (χ1n) is 6.28. The number of carbonyl (C=O) groups excluding carboxylic acids is 2. The van der Waals surface area contributed by atoms with Crippen LogP contribution in [0.2, 0.25) is 0 Å². The van der Waals surface area contributed by atoms with Gasteiger partial charge < -0.3 is 15.4 Å². The average Bonchev–Trinajstić information content (AvgIpc) is 2.29. The Bertz CT molecular complexity index is 232. The normalized spacial score (nSPS) is 11.9. The van der Waals surface area contributed by atoms with Gasteiger partial charge in [0, 0.05) is 13.1 Å². The molecule has 1 amide bonds. The summed E-state index contributed by atoms with van der Waals surface area (Å²) in [6.07, 6.45) is 2.34. The fraction of sp³-hybridized carbons (Fsp3) is 0.833. The molecule has 0 aromatic heterocycles. The summed E-state index contributed by atoms with van der Waals surface area (Å²) >= 11 is 0. The number of esters is 1. The molecular formula is C12H24N2O3. The summed E-state index contributed by atoms with van der Waals surface area (Å²) in [7, 11) is 0. The molecule has 17 heavy (non-hydrogen) atoms. The zero-order valence-corrected chi connectivity index (χ0v) is 11.0. The predicted octanol–water partition coefficient (Wildman–Crippen LogP) is 0.834. The molecule has 0 aliphatic heterocycles. The lowest BCUT2D eigenvalue weighted by Crippen LogP contribution is -2.43. The van der Waals surface area contributed by atoms with Gasteiger partial charge in [-0.2, -0.15) is 0 Å². The van der Waals surface area contributed by atoms with Crippen molar-refractivity contribution in [2.45, 2.75) is 46.1 Å². The number of carbonyl (C=O) groups is 2. The van der Waals surface area contributed by atoms with Crippen molar-refractivity contribution in [3.8, 4) is 0 Å².